The van der Waals surface area contributed by atoms with Crippen molar-refractivity contribution in [3.05, 3.63) is 142 Å². The van der Waals surface area contributed by atoms with Crippen LogP contribution < -0.4 is 44.8 Å². The van der Waals surface area contributed by atoms with E-state index < -0.39 is 77.2 Å². The van der Waals surface area contributed by atoms with Gasteiger partial charge in [0, 0.05) is 24.0 Å². The maximum atomic E-state index is 14.0. The fraction of sp³-hybridized carbons (Fsp3) is 0.122. The first-order valence-corrected chi connectivity index (χ1v) is 24.1. The lowest BCUT2D eigenvalue weighted by atomic mass is 10.0. The number of hydrogen-bond acceptors (Lipinski definition) is 9. The predicted molar refractivity (Wildman–Crippen MR) is 243 cm³/mol. The maximum absolute atomic E-state index is 14.0. The molecular weight excluding hydrogens is 1050 g/mol. The normalized spacial score (nSPS) is 13.3. The third kappa shape index (κ3) is 14.9. The molecule has 0 saturated carbocycles. The molecule has 0 spiro atoms. The Hall–Kier alpha value is -6.23. The summed E-state index contributed by atoms with van der Waals surface area (Å²) >= 11 is 2.99. The molecule has 27 heteroatoms. The third-order valence-electron chi connectivity index (χ3n) is 8.88. The van der Waals surface area contributed by atoms with Gasteiger partial charge >= 0.3 is 12.4 Å². The molecule has 0 unspecified atom stereocenters. The fourth-order valence-corrected chi connectivity index (χ4v) is 8.15. The largest absolute Gasteiger partial charge is 0.449 e. The van der Waals surface area contributed by atoms with Crippen LogP contribution in [-0.4, -0.2) is 31.0 Å². The van der Waals surface area contributed by atoms with Crippen molar-refractivity contribution in [2.45, 2.75) is 32.0 Å². The lowest BCUT2D eigenvalue weighted by Crippen LogP contribution is -2.29. The Morgan fingerprint density at radius 3 is 1.31 bits per heavy atom. The third-order valence-corrected chi connectivity index (χ3v) is 11.0. The molecule has 15 nitrogen and oxygen atoms in total. The average Bonchev–Trinajstić information content (AvgIpc) is 3.52. The van der Waals surface area contributed by atoms with Crippen LogP contribution in [-0.2, 0) is 43.0 Å². The highest BCUT2D eigenvalue weighted by Gasteiger charge is 2.33. The molecule has 7 rings (SSSR count). The summed E-state index contributed by atoms with van der Waals surface area (Å²) in [5, 5.41) is 14.5. The molecule has 364 valence electrons. The van der Waals surface area contributed by atoms with Crippen LogP contribution in [0.3, 0.4) is 0 Å². The Kier molecular flexibility index (Phi) is 15.3. The Balaban J connectivity index is 0.000000191. The van der Waals surface area contributed by atoms with Crippen LogP contribution in [0.4, 0.5) is 57.9 Å². The first-order valence-electron chi connectivity index (χ1n) is 18.6. The summed E-state index contributed by atoms with van der Waals surface area (Å²) in [6.45, 7) is 3.70. The molecule has 1 heterocycles. The summed E-state index contributed by atoms with van der Waals surface area (Å²) in [5.41, 5.74) is 6.08. The quantitative estimate of drug-likeness (QED) is 0.0537. The van der Waals surface area contributed by atoms with Crippen molar-refractivity contribution < 1.29 is 69.9 Å². The number of halogens is 9. The van der Waals surface area contributed by atoms with E-state index in [0.29, 0.717) is 22.7 Å². The van der Waals surface area contributed by atoms with E-state index in [-0.39, 0.29) is 32.5 Å². The summed E-state index contributed by atoms with van der Waals surface area (Å²) in [6.07, 6.45) is -8.94. The number of benzene rings is 6. The Morgan fingerprint density at radius 1 is 0.500 bits per heavy atom. The zero-order chi connectivity index (χ0) is 50.8. The molecule has 1 aliphatic heterocycles. The van der Waals surface area contributed by atoms with Gasteiger partial charge in [0.15, 0.2) is 11.5 Å². The van der Waals surface area contributed by atoms with Crippen LogP contribution in [0.25, 0.3) is 33.4 Å². The topological polar surface area (TPSA) is 261 Å². The van der Waals surface area contributed by atoms with E-state index in [4.69, 9.17) is 30.6 Å². The van der Waals surface area contributed by atoms with Crippen molar-refractivity contribution in [1.82, 2.24) is 0 Å². The molecule has 0 fully saturated rings. The second-order valence-electron chi connectivity index (χ2n) is 14.7. The standard InChI is InChI=1S/C15H16N2O4S.C13H9BrF4N2O2S.C13H11F4N3O2S/c1-15(2)20-13-8-5-11(9-14(13)21-15)10-3-6-12(7-4-10)17-22(16,18)19;14-10-5-8(6-11(15)12(10)20-23(19,21)22)7-1-3-9(4-2-7)13(16,17)18;14-10-5-8(6-11(18)12(10)20-23(19,21)22)7-1-3-9(4-2-7)13(15,16)17/h3-9,17H,1-2H3,(H2,16,18,19);1-6,20H,(H2,19,21,22);1-6,20H,18H2,(H2,19,21,22). The number of anilines is 4. The Bertz CT molecular complexity index is 2980. The molecule has 68 heavy (non-hydrogen) atoms. The number of nitrogens with one attached hydrogen (secondary N) is 3. The summed E-state index contributed by atoms with van der Waals surface area (Å²) in [5.74, 6) is -1.20. The molecule has 0 aliphatic carbocycles. The van der Waals surface area contributed by atoms with E-state index >= 15 is 0 Å². The van der Waals surface area contributed by atoms with Crippen LogP contribution in [0.15, 0.2) is 120 Å². The van der Waals surface area contributed by atoms with Crippen LogP contribution in [0.1, 0.15) is 25.0 Å². The van der Waals surface area contributed by atoms with Gasteiger partial charge in [-0.25, -0.2) is 24.2 Å². The van der Waals surface area contributed by atoms with Crippen molar-refractivity contribution in [3.63, 3.8) is 0 Å². The van der Waals surface area contributed by atoms with Gasteiger partial charge in [-0.3, -0.25) is 14.2 Å². The minimum atomic E-state index is -4.48. The average molecular weight is 1080 g/mol. The van der Waals surface area contributed by atoms with Crippen molar-refractivity contribution in [2.24, 2.45) is 15.4 Å². The molecular formula is C41H36BrF8N7O8S3. The molecule has 0 aromatic heterocycles. The molecule has 6 aromatic carbocycles. The minimum Gasteiger partial charge on any atom is -0.449 e. The first kappa shape index (κ1) is 52.7. The fourth-order valence-electron chi connectivity index (χ4n) is 6.02. The molecule has 0 saturated heterocycles. The highest BCUT2D eigenvalue weighted by molar-refractivity contribution is 9.10. The van der Waals surface area contributed by atoms with Gasteiger partial charge < -0.3 is 15.2 Å². The summed E-state index contributed by atoms with van der Waals surface area (Å²) in [4.78, 5) is 0. The highest BCUT2D eigenvalue weighted by atomic mass is 79.9. The van der Waals surface area contributed by atoms with E-state index in [1.54, 1.807) is 33.7 Å². The van der Waals surface area contributed by atoms with Crippen molar-refractivity contribution >= 4 is 69.3 Å². The summed E-state index contributed by atoms with van der Waals surface area (Å²) in [7, 11) is -12.1. The van der Waals surface area contributed by atoms with Crippen molar-refractivity contribution in [2.75, 3.05) is 19.9 Å². The number of nitrogen functional groups attached to an aromatic ring is 1. The van der Waals surface area contributed by atoms with E-state index in [2.05, 4.69) is 20.7 Å². The second kappa shape index (κ2) is 19.8. The van der Waals surface area contributed by atoms with E-state index in [1.165, 1.54) is 24.3 Å². The molecule has 11 N–H and O–H groups in total. The van der Waals surface area contributed by atoms with Crippen LogP contribution in [0.2, 0.25) is 0 Å². The highest BCUT2D eigenvalue weighted by Crippen LogP contribution is 2.42. The number of nitrogens with two attached hydrogens (primary N) is 4. The first-order chi connectivity index (χ1) is 31.2. The summed E-state index contributed by atoms with van der Waals surface area (Å²) < 4.78 is 186. The van der Waals surface area contributed by atoms with E-state index in [0.717, 1.165) is 59.7 Å². The van der Waals surface area contributed by atoms with E-state index in [1.807, 2.05) is 32.0 Å². The lowest BCUT2D eigenvalue weighted by molar-refractivity contribution is -0.138. The van der Waals surface area contributed by atoms with Gasteiger partial charge in [0.25, 0.3) is 30.6 Å². The molecule has 0 atom stereocenters. The molecule has 0 radical (unpaired) electrons. The van der Waals surface area contributed by atoms with Gasteiger partial charge in [0.1, 0.15) is 17.3 Å². The molecule has 6 aromatic rings. The minimum absolute atomic E-state index is 0.0569. The van der Waals surface area contributed by atoms with Crippen LogP contribution in [0, 0.1) is 11.6 Å². The molecule has 1 aliphatic rings. The number of hydrogen-bond donors (Lipinski definition) is 7. The monoisotopic (exact) mass is 1080 g/mol. The number of fused-ring (bicyclic) bond motifs is 1. The van der Waals surface area contributed by atoms with Crippen LogP contribution in [0.5, 0.6) is 11.5 Å². The van der Waals surface area contributed by atoms with Gasteiger partial charge in [0.2, 0.25) is 5.79 Å². The lowest BCUT2D eigenvalue weighted by Gasteiger charge is -2.16. The van der Waals surface area contributed by atoms with E-state index in [9.17, 15) is 60.4 Å². The maximum Gasteiger partial charge on any atom is 0.416 e. The number of rotatable bonds is 9. The Morgan fingerprint density at radius 2 is 0.882 bits per heavy atom. The predicted octanol–water partition coefficient (Wildman–Crippen LogP) is 9.07. The molecule has 0 bridgehead atoms. The molecule has 0 amide bonds. The van der Waals surface area contributed by atoms with Crippen molar-refractivity contribution in [1.29, 1.82) is 0 Å². The zero-order valence-corrected chi connectivity index (χ0v) is 38.7. The van der Waals surface area contributed by atoms with Gasteiger partial charge in [-0.1, -0.05) is 42.5 Å². The second-order valence-corrected chi connectivity index (χ2v) is 19.4. The number of ether oxygens (including phenoxy) is 2. The Labute approximate surface area is 392 Å². The van der Waals surface area contributed by atoms with Crippen LogP contribution >= 0.6 is 15.9 Å². The smallest absolute Gasteiger partial charge is 0.416 e. The SMILES string of the molecule is CC1(C)Oc2ccc(-c3ccc(NS(N)(=O)=O)cc3)cc2O1.NS(=O)(=O)Nc1c(F)cc(-c2ccc(C(F)(F)F)cc2)cc1Br.Nc1cc(-c2ccc(C(F)(F)F)cc2)cc(F)c1NS(N)(=O)=O. The van der Waals surface area contributed by atoms with Gasteiger partial charge in [-0.15, -0.1) is 0 Å². The zero-order valence-electron chi connectivity index (χ0n) is 34.7. The number of alkyl halides is 6. The van der Waals surface area contributed by atoms with Gasteiger partial charge in [-0.2, -0.15) is 51.6 Å². The van der Waals surface area contributed by atoms with Gasteiger partial charge in [-0.05, 0) is 122 Å². The summed E-state index contributed by atoms with van der Waals surface area (Å²) in [6, 6.07) is 25.2. The van der Waals surface area contributed by atoms with Gasteiger partial charge in [0.05, 0.1) is 22.5 Å². The van der Waals surface area contributed by atoms with Crippen molar-refractivity contribution in [3.8, 4) is 44.9 Å².